The van der Waals surface area contributed by atoms with E-state index in [-0.39, 0.29) is 12.6 Å². The van der Waals surface area contributed by atoms with Crippen LogP contribution in [0.25, 0.3) is 0 Å². The number of hydrogen-bond acceptors (Lipinski definition) is 3. The molecule has 0 saturated heterocycles. The van der Waals surface area contributed by atoms with E-state index in [0.717, 1.165) is 12.2 Å². The maximum atomic E-state index is 8.65. The van der Waals surface area contributed by atoms with Gasteiger partial charge in [0.25, 0.3) is 0 Å². The average molecular weight is 166 g/mol. The van der Waals surface area contributed by atoms with E-state index < -0.39 is 0 Å². The Morgan fingerprint density at radius 2 is 2.42 bits per heavy atom. The first-order valence-corrected chi connectivity index (χ1v) is 4.11. The number of aliphatic hydroxyl groups excluding tert-OH is 1. The second kappa shape index (κ2) is 4.72. The Bertz CT molecular complexity index is 213. The Morgan fingerprint density at radius 3 is 3.00 bits per heavy atom. The van der Waals surface area contributed by atoms with Gasteiger partial charge in [0.1, 0.15) is 5.82 Å². The molecule has 2 N–H and O–H groups in total. The molecule has 1 aromatic heterocycles. The fourth-order valence-electron chi connectivity index (χ4n) is 0.966. The molecule has 0 saturated carbocycles. The minimum Gasteiger partial charge on any atom is -0.396 e. The van der Waals surface area contributed by atoms with Crippen LogP contribution in [0.3, 0.4) is 0 Å². The van der Waals surface area contributed by atoms with Crippen molar-refractivity contribution in [1.29, 1.82) is 0 Å². The van der Waals surface area contributed by atoms with Crippen LogP contribution in [0.5, 0.6) is 0 Å². The predicted octanol–water partition coefficient (Wildman–Crippen LogP) is 1.26. The highest BCUT2D eigenvalue weighted by Crippen LogP contribution is 2.03. The van der Waals surface area contributed by atoms with Crippen molar-refractivity contribution in [3.8, 4) is 0 Å². The van der Waals surface area contributed by atoms with Crippen LogP contribution in [0.4, 0.5) is 5.82 Å². The van der Waals surface area contributed by atoms with E-state index in [9.17, 15) is 0 Å². The van der Waals surface area contributed by atoms with Crippen LogP contribution in [0.15, 0.2) is 24.4 Å². The number of nitrogens with one attached hydrogen (secondary N) is 1. The van der Waals surface area contributed by atoms with Gasteiger partial charge in [0.05, 0.1) is 0 Å². The van der Waals surface area contributed by atoms with Crippen LogP contribution in [0.2, 0.25) is 0 Å². The van der Waals surface area contributed by atoms with E-state index in [1.165, 1.54) is 0 Å². The molecular formula is C9H14N2O. The van der Waals surface area contributed by atoms with Gasteiger partial charge in [0.15, 0.2) is 0 Å². The first kappa shape index (κ1) is 9.00. The summed E-state index contributed by atoms with van der Waals surface area (Å²) in [5, 5.41) is 11.8. The molecule has 0 aromatic carbocycles. The molecule has 1 atom stereocenters. The Labute approximate surface area is 72.5 Å². The van der Waals surface area contributed by atoms with Crippen molar-refractivity contribution < 1.29 is 5.11 Å². The second-order valence-corrected chi connectivity index (χ2v) is 2.77. The number of anilines is 1. The summed E-state index contributed by atoms with van der Waals surface area (Å²) in [4.78, 5) is 4.11. The molecule has 1 aromatic rings. The SMILES string of the molecule is C[C@@H](CCO)Nc1ccccn1. The van der Waals surface area contributed by atoms with Crippen molar-refractivity contribution in [3.63, 3.8) is 0 Å². The monoisotopic (exact) mass is 166 g/mol. The molecule has 0 radical (unpaired) electrons. The number of nitrogens with zero attached hydrogens (tertiary/aromatic N) is 1. The smallest absolute Gasteiger partial charge is 0.126 e. The van der Waals surface area contributed by atoms with E-state index in [2.05, 4.69) is 10.3 Å². The summed E-state index contributed by atoms with van der Waals surface area (Å²) in [7, 11) is 0. The van der Waals surface area contributed by atoms with Crippen LogP contribution in [-0.4, -0.2) is 22.7 Å². The Balaban J connectivity index is 2.41. The number of aliphatic hydroxyl groups is 1. The van der Waals surface area contributed by atoms with Gasteiger partial charge in [-0.15, -0.1) is 0 Å². The normalized spacial score (nSPS) is 12.5. The van der Waals surface area contributed by atoms with Gasteiger partial charge in [-0.3, -0.25) is 0 Å². The van der Waals surface area contributed by atoms with Crippen LogP contribution in [0, 0.1) is 0 Å². The maximum absolute atomic E-state index is 8.65. The standard InChI is InChI=1S/C9H14N2O/c1-8(5-7-12)11-9-4-2-3-6-10-9/h2-4,6,8,12H,5,7H2,1H3,(H,10,11)/t8-/m0/s1. The third-order valence-electron chi connectivity index (χ3n) is 1.62. The van der Waals surface area contributed by atoms with E-state index in [4.69, 9.17) is 5.11 Å². The lowest BCUT2D eigenvalue weighted by Gasteiger charge is -2.12. The van der Waals surface area contributed by atoms with Gasteiger partial charge < -0.3 is 10.4 Å². The largest absolute Gasteiger partial charge is 0.396 e. The average Bonchev–Trinajstić information content (AvgIpc) is 2.06. The second-order valence-electron chi connectivity index (χ2n) is 2.77. The fraction of sp³-hybridized carbons (Fsp3) is 0.444. The fourth-order valence-corrected chi connectivity index (χ4v) is 0.966. The quantitative estimate of drug-likeness (QED) is 0.708. The van der Waals surface area contributed by atoms with Gasteiger partial charge in [-0.2, -0.15) is 0 Å². The molecule has 66 valence electrons. The predicted molar refractivity (Wildman–Crippen MR) is 49.0 cm³/mol. The van der Waals surface area contributed by atoms with Crippen LogP contribution in [0.1, 0.15) is 13.3 Å². The highest BCUT2D eigenvalue weighted by atomic mass is 16.3. The van der Waals surface area contributed by atoms with Gasteiger partial charge in [-0.05, 0) is 25.5 Å². The molecule has 0 bridgehead atoms. The number of aromatic nitrogens is 1. The van der Waals surface area contributed by atoms with Crippen molar-refractivity contribution in [2.24, 2.45) is 0 Å². The molecule has 3 nitrogen and oxygen atoms in total. The van der Waals surface area contributed by atoms with E-state index in [1.54, 1.807) is 6.20 Å². The number of hydrogen-bond donors (Lipinski definition) is 2. The molecule has 0 unspecified atom stereocenters. The van der Waals surface area contributed by atoms with Gasteiger partial charge in [0, 0.05) is 18.8 Å². The Kier molecular flexibility index (Phi) is 3.54. The molecule has 12 heavy (non-hydrogen) atoms. The van der Waals surface area contributed by atoms with Crippen LogP contribution >= 0.6 is 0 Å². The topological polar surface area (TPSA) is 45.1 Å². The minimum atomic E-state index is 0.209. The Hall–Kier alpha value is -1.09. The lowest BCUT2D eigenvalue weighted by atomic mass is 10.2. The zero-order chi connectivity index (χ0) is 8.81. The molecule has 1 heterocycles. The van der Waals surface area contributed by atoms with E-state index in [1.807, 2.05) is 25.1 Å². The summed E-state index contributed by atoms with van der Waals surface area (Å²) in [5.74, 6) is 0.860. The first-order chi connectivity index (χ1) is 5.83. The number of pyridine rings is 1. The van der Waals surface area contributed by atoms with Crippen molar-refractivity contribution in [2.75, 3.05) is 11.9 Å². The van der Waals surface area contributed by atoms with Crippen molar-refractivity contribution in [2.45, 2.75) is 19.4 Å². The highest BCUT2D eigenvalue weighted by molar-refractivity contribution is 5.33. The van der Waals surface area contributed by atoms with Crippen molar-refractivity contribution in [1.82, 2.24) is 4.98 Å². The lowest BCUT2D eigenvalue weighted by Crippen LogP contribution is -2.17. The Morgan fingerprint density at radius 1 is 1.58 bits per heavy atom. The van der Waals surface area contributed by atoms with Crippen molar-refractivity contribution in [3.05, 3.63) is 24.4 Å². The summed E-state index contributed by atoms with van der Waals surface area (Å²) >= 11 is 0. The minimum absolute atomic E-state index is 0.209. The van der Waals surface area contributed by atoms with E-state index in [0.29, 0.717) is 0 Å². The molecule has 0 spiro atoms. The third-order valence-corrected chi connectivity index (χ3v) is 1.62. The zero-order valence-corrected chi connectivity index (χ0v) is 7.20. The zero-order valence-electron chi connectivity index (χ0n) is 7.20. The van der Waals surface area contributed by atoms with E-state index >= 15 is 0 Å². The van der Waals surface area contributed by atoms with Crippen molar-refractivity contribution >= 4 is 5.82 Å². The molecule has 0 aliphatic heterocycles. The molecule has 0 fully saturated rings. The first-order valence-electron chi connectivity index (χ1n) is 4.11. The highest BCUT2D eigenvalue weighted by Gasteiger charge is 1.99. The van der Waals surface area contributed by atoms with Gasteiger partial charge in [0.2, 0.25) is 0 Å². The summed E-state index contributed by atoms with van der Waals surface area (Å²) in [6, 6.07) is 5.99. The molecule has 0 amide bonds. The van der Waals surface area contributed by atoms with Crippen LogP contribution in [-0.2, 0) is 0 Å². The molecule has 3 heteroatoms. The van der Waals surface area contributed by atoms with Gasteiger partial charge in [-0.25, -0.2) is 4.98 Å². The summed E-state index contributed by atoms with van der Waals surface area (Å²) < 4.78 is 0. The number of rotatable bonds is 4. The molecule has 1 rings (SSSR count). The molecular weight excluding hydrogens is 152 g/mol. The molecule has 0 aliphatic rings. The maximum Gasteiger partial charge on any atom is 0.126 e. The van der Waals surface area contributed by atoms with Crippen LogP contribution < -0.4 is 5.32 Å². The summed E-state index contributed by atoms with van der Waals surface area (Å²) in [5.41, 5.74) is 0. The van der Waals surface area contributed by atoms with Gasteiger partial charge in [-0.1, -0.05) is 6.07 Å². The summed E-state index contributed by atoms with van der Waals surface area (Å²) in [6.45, 7) is 2.23. The molecule has 0 aliphatic carbocycles. The van der Waals surface area contributed by atoms with Gasteiger partial charge >= 0.3 is 0 Å². The summed E-state index contributed by atoms with van der Waals surface area (Å²) in [6.07, 6.45) is 2.49. The lowest BCUT2D eigenvalue weighted by molar-refractivity contribution is 0.282. The third kappa shape index (κ3) is 2.88.